The van der Waals surface area contributed by atoms with Gasteiger partial charge in [-0.2, -0.15) is 0 Å². The molecule has 142 valence electrons. The SMILES string of the molecule is Nc1nccc(-c2ccc(N)c(C(=O)c3ccc(N4CCOCC4)cc3)c2)n1. The van der Waals surface area contributed by atoms with E-state index in [1.165, 1.54) is 0 Å². The summed E-state index contributed by atoms with van der Waals surface area (Å²) in [6, 6.07) is 14.6. The Hall–Kier alpha value is -3.45. The molecule has 0 amide bonds. The molecule has 1 aromatic heterocycles. The average Bonchev–Trinajstić information content (AvgIpc) is 2.74. The fraction of sp³-hybridized carbons (Fsp3) is 0.190. The van der Waals surface area contributed by atoms with Gasteiger partial charge in [-0.25, -0.2) is 9.97 Å². The maximum absolute atomic E-state index is 13.0. The minimum absolute atomic E-state index is 0.130. The molecule has 4 rings (SSSR count). The minimum atomic E-state index is -0.130. The number of ketones is 1. The second-order valence-electron chi connectivity index (χ2n) is 6.58. The molecule has 2 aromatic carbocycles. The Balaban J connectivity index is 1.61. The lowest BCUT2D eigenvalue weighted by Gasteiger charge is -2.28. The predicted octanol–water partition coefficient (Wildman–Crippen LogP) is 2.38. The first-order valence-corrected chi connectivity index (χ1v) is 9.08. The van der Waals surface area contributed by atoms with Gasteiger partial charge >= 0.3 is 0 Å². The van der Waals surface area contributed by atoms with Gasteiger partial charge in [-0.05, 0) is 42.5 Å². The van der Waals surface area contributed by atoms with Crippen molar-refractivity contribution in [3.63, 3.8) is 0 Å². The number of morpholine rings is 1. The van der Waals surface area contributed by atoms with Crippen molar-refractivity contribution >= 4 is 23.1 Å². The number of rotatable bonds is 4. The molecule has 0 radical (unpaired) electrons. The molecule has 0 aliphatic carbocycles. The maximum Gasteiger partial charge on any atom is 0.220 e. The summed E-state index contributed by atoms with van der Waals surface area (Å²) in [5, 5.41) is 0. The van der Waals surface area contributed by atoms with Crippen LogP contribution in [0.25, 0.3) is 11.3 Å². The third-order valence-electron chi connectivity index (χ3n) is 4.77. The van der Waals surface area contributed by atoms with E-state index in [0.29, 0.717) is 22.5 Å². The van der Waals surface area contributed by atoms with E-state index < -0.39 is 0 Å². The molecule has 4 N–H and O–H groups in total. The molecule has 0 saturated carbocycles. The van der Waals surface area contributed by atoms with Crippen LogP contribution in [-0.2, 0) is 4.74 Å². The second-order valence-corrected chi connectivity index (χ2v) is 6.58. The number of nitrogen functional groups attached to an aromatic ring is 2. The van der Waals surface area contributed by atoms with Crippen molar-refractivity contribution in [3.05, 3.63) is 65.9 Å². The van der Waals surface area contributed by atoms with Crippen molar-refractivity contribution in [2.75, 3.05) is 42.7 Å². The number of hydrogen-bond acceptors (Lipinski definition) is 7. The molecule has 28 heavy (non-hydrogen) atoms. The summed E-state index contributed by atoms with van der Waals surface area (Å²) in [6.07, 6.45) is 1.58. The Labute approximate surface area is 163 Å². The Morgan fingerprint density at radius 2 is 1.75 bits per heavy atom. The summed E-state index contributed by atoms with van der Waals surface area (Å²) in [5.41, 5.74) is 15.7. The van der Waals surface area contributed by atoms with E-state index in [9.17, 15) is 4.79 Å². The molecule has 0 atom stereocenters. The molecule has 0 spiro atoms. The van der Waals surface area contributed by atoms with Crippen molar-refractivity contribution in [1.29, 1.82) is 0 Å². The zero-order valence-corrected chi connectivity index (χ0v) is 15.3. The van der Waals surface area contributed by atoms with E-state index in [2.05, 4.69) is 14.9 Å². The fourth-order valence-corrected chi connectivity index (χ4v) is 3.25. The Morgan fingerprint density at radius 1 is 1.00 bits per heavy atom. The van der Waals surface area contributed by atoms with Crippen LogP contribution < -0.4 is 16.4 Å². The largest absolute Gasteiger partial charge is 0.398 e. The third-order valence-corrected chi connectivity index (χ3v) is 4.77. The standard InChI is InChI=1S/C21H21N5O2/c22-18-6-3-15(19-7-8-24-21(23)25-19)13-17(18)20(27)14-1-4-16(5-2-14)26-9-11-28-12-10-26/h1-8,13H,9-12,22H2,(H2,23,24,25). The lowest BCUT2D eigenvalue weighted by atomic mass is 9.98. The number of nitrogens with two attached hydrogens (primary N) is 2. The zero-order valence-electron chi connectivity index (χ0n) is 15.3. The summed E-state index contributed by atoms with van der Waals surface area (Å²) in [7, 11) is 0. The van der Waals surface area contributed by atoms with Crippen molar-refractivity contribution < 1.29 is 9.53 Å². The van der Waals surface area contributed by atoms with Crippen LogP contribution >= 0.6 is 0 Å². The zero-order chi connectivity index (χ0) is 19.5. The molecule has 7 heteroatoms. The van der Waals surface area contributed by atoms with Crippen LogP contribution in [0.2, 0.25) is 0 Å². The summed E-state index contributed by atoms with van der Waals surface area (Å²) in [5.74, 6) is 0.0517. The van der Waals surface area contributed by atoms with Gasteiger partial charge in [0.1, 0.15) is 0 Å². The van der Waals surface area contributed by atoms with E-state index in [1.807, 2.05) is 30.3 Å². The highest BCUT2D eigenvalue weighted by Gasteiger charge is 2.16. The van der Waals surface area contributed by atoms with Crippen LogP contribution in [0.5, 0.6) is 0 Å². The van der Waals surface area contributed by atoms with Crippen molar-refractivity contribution in [1.82, 2.24) is 9.97 Å². The minimum Gasteiger partial charge on any atom is -0.398 e. The topological polar surface area (TPSA) is 107 Å². The van der Waals surface area contributed by atoms with Crippen molar-refractivity contribution in [2.24, 2.45) is 0 Å². The first-order valence-electron chi connectivity index (χ1n) is 9.08. The highest BCUT2D eigenvalue weighted by atomic mass is 16.5. The lowest BCUT2D eigenvalue weighted by Crippen LogP contribution is -2.36. The molecule has 2 heterocycles. The van der Waals surface area contributed by atoms with E-state index in [4.69, 9.17) is 16.2 Å². The number of anilines is 3. The molecule has 1 aliphatic rings. The molecular formula is C21H21N5O2. The van der Waals surface area contributed by atoms with Crippen LogP contribution in [0.3, 0.4) is 0 Å². The number of benzene rings is 2. The van der Waals surface area contributed by atoms with Gasteiger partial charge in [0, 0.05) is 47.4 Å². The third kappa shape index (κ3) is 3.65. The molecule has 3 aromatic rings. The second kappa shape index (κ2) is 7.66. The number of aromatic nitrogens is 2. The summed E-state index contributed by atoms with van der Waals surface area (Å²) < 4.78 is 5.38. The number of carbonyl (C=O) groups excluding carboxylic acids is 1. The number of nitrogens with zero attached hydrogens (tertiary/aromatic N) is 3. The van der Waals surface area contributed by atoms with E-state index in [0.717, 1.165) is 37.6 Å². The highest BCUT2D eigenvalue weighted by Crippen LogP contribution is 2.25. The molecule has 0 bridgehead atoms. The first kappa shape index (κ1) is 17.9. The van der Waals surface area contributed by atoms with Crippen molar-refractivity contribution in [2.45, 2.75) is 0 Å². The van der Waals surface area contributed by atoms with Crippen LogP contribution in [-0.4, -0.2) is 42.1 Å². The van der Waals surface area contributed by atoms with Gasteiger partial charge in [0.15, 0.2) is 5.78 Å². The van der Waals surface area contributed by atoms with Gasteiger partial charge in [-0.15, -0.1) is 0 Å². The molecular weight excluding hydrogens is 354 g/mol. The van der Waals surface area contributed by atoms with Crippen LogP contribution in [0, 0.1) is 0 Å². The summed E-state index contributed by atoms with van der Waals surface area (Å²) in [4.78, 5) is 23.4. The van der Waals surface area contributed by atoms with E-state index >= 15 is 0 Å². The van der Waals surface area contributed by atoms with Crippen molar-refractivity contribution in [3.8, 4) is 11.3 Å². The van der Waals surface area contributed by atoms with E-state index in [1.54, 1.807) is 24.4 Å². The van der Waals surface area contributed by atoms with Crippen LogP contribution in [0.1, 0.15) is 15.9 Å². The summed E-state index contributed by atoms with van der Waals surface area (Å²) >= 11 is 0. The summed E-state index contributed by atoms with van der Waals surface area (Å²) in [6.45, 7) is 3.14. The molecule has 7 nitrogen and oxygen atoms in total. The smallest absolute Gasteiger partial charge is 0.220 e. The first-order chi connectivity index (χ1) is 13.6. The number of carbonyl (C=O) groups is 1. The highest BCUT2D eigenvalue weighted by molar-refractivity contribution is 6.12. The van der Waals surface area contributed by atoms with Gasteiger partial charge in [0.05, 0.1) is 18.9 Å². The Bertz CT molecular complexity index is 998. The van der Waals surface area contributed by atoms with Gasteiger partial charge < -0.3 is 21.1 Å². The van der Waals surface area contributed by atoms with E-state index in [-0.39, 0.29) is 11.7 Å². The average molecular weight is 375 g/mol. The van der Waals surface area contributed by atoms with Gasteiger partial charge in [0.25, 0.3) is 0 Å². The Morgan fingerprint density at radius 3 is 2.46 bits per heavy atom. The Kier molecular flexibility index (Phi) is 4.90. The lowest BCUT2D eigenvalue weighted by molar-refractivity contribution is 0.103. The quantitative estimate of drug-likeness (QED) is 0.532. The predicted molar refractivity (Wildman–Crippen MR) is 109 cm³/mol. The fourth-order valence-electron chi connectivity index (χ4n) is 3.25. The normalized spacial score (nSPS) is 14.1. The van der Waals surface area contributed by atoms with Crippen LogP contribution in [0.4, 0.5) is 17.3 Å². The number of hydrogen-bond donors (Lipinski definition) is 2. The molecule has 0 unspecified atom stereocenters. The van der Waals surface area contributed by atoms with Crippen LogP contribution in [0.15, 0.2) is 54.7 Å². The monoisotopic (exact) mass is 375 g/mol. The molecule has 1 saturated heterocycles. The molecule has 1 aliphatic heterocycles. The van der Waals surface area contributed by atoms with Gasteiger partial charge in [-0.1, -0.05) is 6.07 Å². The molecule has 1 fully saturated rings. The van der Waals surface area contributed by atoms with Gasteiger partial charge in [-0.3, -0.25) is 4.79 Å². The maximum atomic E-state index is 13.0. The van der Waals surface area contributed by atoms with Gasteiger partial charge in [0.2, 0.25) is 5.95 Å². The number of ether oxygens (including phenoxy) is 1.